The van der Waals surface area contributed by atoms with Gasteiger partial charge in [-0.2, -0.15) is 0 Å². The van der Waals surface area contributed by atoms with E-state index in [1.165, 1.54) is 42.2 Å². The van der Waals surface area contributed by atoms with Gasteiger partial charge in [-0.15, -0.1) is 68.0 Å². The Bertz CT molecular complexity index is 3820. The highest BCUT2D eigenvalue weighted by Gasteiger charge is 2.33. The number of Topliss-reactive ketones (excluding diaryl/α,β-unsaturated/α-hetero) is 1. The molecule has 0 aliphatic carbocycles. The smallest absolute Gasteiger partial charge is 0.412 e. The summed E-state index contributed by atoms with van der Waals surface area (Å²) in [6, 6.07) is 9.91. The molecular formula is C54H52N12O13S6. The van der Waals surface area contributed by atoms with E-state index in [0.717, 1.165) is 45.3 Å². The molecule has 0 spiro atoms. The summed E-state index contributed by atoms with van der Waals surface area (Å²) in [5.74, 6) is -7.65. The average Bonchev–Trinajstić information content (AvgIpc) is 3.50. The first-order chi connectivity index (χ1) is 40.8. The zero-order valence-electron chi connectivity index (χ0n) is 45.6. The minimum Gasteiger partial charge on any atom is -0.481 e. The number of fused-ring (bicyclic) bond motifs is 14. The van der Waals surface area contributed by atoms with E-state index >= 15 is 0 Å². The standard InChI is InChI=1S/C54H52N12O13S6/c1-23(2)28-14-34(67)40-24(3)84-51(65-40)30(15-37(68)55-4)58-45(73)32-20-80-47(60-32)27-11-12-29(49-62-36(22-83-49)63-54(77)79-17-26(53(75)76)13-39(70)71)57-41(27)31-19-81-50(59-31)33-21-82-52(61-33)43(44(72)25-9-7-6-8-10-25)64-38(69)16-56-46(74)42-35(18-78-5)85-48(28)66-42/h6-12,19-23,26,28,30,43-44,72H,13-18H2,1-5H3,(H,55,68)(H,56,74)(H,58,73)(H,63,77)(H,64,69)(H,70,71)(H,75,76)/t26-,28?,30+,43+,44+/m1/s1. The van der Waals surface area contributed by atoms with E-state index in [9.17, 15) is 48.6 Å². The van der Waals surface area contributed by atoms with Crippen molar-refractivity contribution in [3.05, 3.63) is 111 Å². The zero-order chi connectivity index (χ0) is 60.6. The van der Waals surface area contributed by atoms with Crippen LogP contribution in [0.25, 0.3) is 43.4 Å². The van der Waals surface area contributed by atoms with Crippen LogP contribution in [0.4, 0.5) is 10.6 Å². The van der Waals surface area contributed by atoms with Gasteiger partial charge in [-0.25, -0.2) is 39.7 Å². The number of carbonyl (C=O) groups excluding carboxylic acids is 6. The van der Waals surface area contributed by atoms with Crippen LogP contribution < -0.4 is 26.6 Å². The molecule has 25 nitrogen and oxygen atoms in total. The van der Waals surface area contributed by atoms with Gasteiger partial charge in [-0.3, -0.25) is 38.9 Å². The lowest BCUT2D eigenvalue weighted by Gasteiger charge is -2.23. The first kappa shape index (κ1) is 61.4. The van der Waals surface area contributed by atoms with Crippen LogP contribution in [-0.4, -0.2) is 125 Å². The van der Waals surface area contributed by atoms with E-state index in [2.05, 4.69) is 31.6 Å². The minimum absolute atomic E-state index is 0.0111. The van der Waals surface area contributed by atoms with Crippen molar-refractivity contribution in [3.8, 4) is 43.4 Å². The number of aryl methyl sites for hydroxylation is 1. The molecule has 85 heavy (non-hydrogen) atoms. The molecule has 1 aromatic carbocycles. The van der Waals surface area contributed by atoms with Crippen LogP contribution in [0.3, 0.4) is 0 Å². The molecule has 31 heteroatoms. The molecule has 1 aliphatic rings. The lowest BCUT2D eigenvalue weighted by molar-refractivity contribution is -0.149. The maximum absolute atomic E-state index is 14.3. The Labute approximate surface area is 507 Å². The number of aromatic nitrogens is 7. The predicted molar refractivity (Wildman–Crippen MR) is 317 cm³/mol. The number of pyridine rings is 1. The SMILES string of the molecule is CNC(=O)C[C@@H]1NC(=O)c2csc(n2)-c2ccc(-c3nc(NC(=O)OC[C@@H](CC(=O)O)C(=O)O)cs3)nc2-c2csc(n2)-c2csc(n2)[C@H]([C@@H](O)c2ccccc2)NC(=O)CNC(=O)c2nc(sc2COC)C(C(C)C)CC(=O)c2nc1sc2C. The van der Waals surface area contributed by atoms with Crippen molar-refractivity contribution in [2.45, 2.75) is 70.7 Å². The lowest BCUT2D eigenvalue weighted by Crippen LogP contribution is -2.40. The van der Waals surface area contributed by atoms with Crippen LogP contribution in [0.15, 0.2) is 64.0 Å². The number of nitrogens with zero attached hydrogens (tertiary/aromatic N) is 7. The number of aliphatic hydroxyl groups is 1. The Balaban J connectivity index is 1.10. The first-order valence-electron chi connectivity index (χ1n) is 25.8. The average molecular weight is 1270 g/mol. The van der Waals surface area contributed by atoms with Gasteiger partial charge in [0.1, 0.15) is 89.7 Å². The fraction of sp³-hybridized carbons (Fsp3) is 0.315. The molecule has 0 saturated heterocycles. The van der Waals surface area contributed by atoms with Crippen LogP contribution in [0.2, 0.25) is 0 Å². The van der Waals surface area contributed by atoms with E-state index in [4.69, 9.17) is 44.5 Å². The number of carboxylic acid groups (broad SMARTS) is 2. The number of benzene rings is 1. The molecule has 8 aromatic rings. The minimum atomic E-state index is -1.48. The second kappa shape index (κ2) is 27.2. The Kier molecular flexibility index (Phi) is 19.7. The van der Waals surface area contributed by atoms with Gasteiger partial charge < -0.3 is 46.1 Å². The van der Waals surface area contributed by atoms with Crippen LogP contribution in [-0.2, 0) is 35.3 Å². The fourth-order valence-corrected chi connectivity index (χ4v) is 14.2. The third-order valence-corrected chi connectivity index (χ3v) is 18.8. The van der Waals surface area contributed by atoms with Crippen LogP contribution in [0, 0.1) is 18.8 Å². The molecule has 7 aromatic heterocycles. The molecule has 442 valence electrons. The van der Waals surface area contributed by atoms with Crippen molar-refractivity contribution < 1.29 is 63.1 Å². The molecule has 8 N–H and O–H groups in total. The molecule has 10 bridgehead atoms. The summed E-state index contributed by atoms with van der Waals surface area (Å²) in [5.41, 5.74) is 2.38. The largest absolute Gasteiger partial charge is 0.481 e. The Hall–Kier alpha value is -8.17. The number of amides is 5. The van der Waals surface area contributed by atoms with Gasteiger partial charge in [-0.1, -0.05) is 44.2 Å². The molecule has 0 radical (unpaired) electrons. The predicted octanol–water partition coefficient (Wildman–Crippen LogP) is 7.92. The van der Waals surface area contributed by atoms with Gasteiger partial charge in [0.25, 0.3) is 11.8 Å². The monoisotopic (exact) mass is 1270 g/mol. The number of hydrogen-bond donors (Lipinski definition) is 8. The Morgan fingerprint density at radius 2 is 1.45 bits per heavy atom. The third kappa shape index (κ3) is 14.7. The number of carboxylic acids is 2. The molecule has 0 fully saturated rings. The summed E-state index contributed by atoms with van der Waals surface area (Å²) in [6.45, 7) is 4.36. The molecule has 9 rings (SSSR count). The summed E-state index contributed by atoms with van der Waals surface area (Å²) in [5, 5.41) is 52.4. The first-order valence-corrected chi connectivity index (χ1v) is 31.0. The molecule has 5 amide bonds. The summed E-state index contributed by atoms with van der Waals surface area (Å²) in [6.07, 6.45) is -3.43. The number of aliphatic carboxylic acids is 2. The molecular weight excluding hydrogens is 1220 g/mol. The van der Waals surface area contributed by atoms with E-state index in [0.29, 0.717) is 68.0 Å². The van der Waals surface area contributed by atoms with Crippen molar-refractivity contribution in [2.75, 3.05) is 32.6 Å². The summed E-state index contributed by atoms with van der Waals surface area (Å²) in [7, 11) is 2.93. The van der Waals surface area contributed by atoms with Gasteiger partial charge in [0.15, 0.2) is 5.78 Å². The Morgan fingerprint density at radius 1 is 0.741 bits per heavy atom. The molecule has 0 saturated carbocycles. The highest BCUT2D eigenvalue weighted by atomic mass is 32.1. The number of methoxy groups -OCH3 is 1. The summed E-state index contributed by atoms with van der Waals surface area (Å²) >= 11 is 6.96. The number of aliphatic hydroxyl groups excluding tert-OH is 1. The Morgan fingerprint density at radius 3 is 2.18 bits per heavy atom. The number of hydrogen-bond acceptors (Lipinski definition) is 24. The maximum Gasteiger partial charge on any atom is 0.412 e. The van der Waals surface area contributed by atoms with Crippen molar-refractivity contribution in [1.29, 1.82) is 0 Å². The second-order valence-electron chi connectivity index (χ2n) is 19.3. The molecule has 1 unspecified atom stereocenters. The zero-order valence-corrected chi connectivity index (χ0v) is 50.5. The normalized spacial score (nSPS) is 16.6. The summed E-state index contributed by atoms with van der Waals surface area (Å²) < 4.78 is 10.5. The van der Waals surface area contributed by atoms with Gasteiger partial charge in [0, 0.05) is 58.5 Å². The van der Waals surface area contributed by atoms with Crippen molar-refractivity contribution >= 4 is 121 Å². The number of ketones is 1. The number of anilines is 1. The highest BCUT2D eigenvalue weighted by molar-refractivity contribution is 7.15. The van der Waals surface area contributed by atoms with Gasteiger partial charge >= 0.3 is 18.0 Å². The lowest BCUT2D eigenvalue weighted by atomic mass is 9.90. The quantitative estimate of drug-likeness (QED) is 0.0512. The number of rotatable bonds is 14. The van der Waals surface area contributed by atoms with E-state index in [-0.39, 0.29) is 59.7 Å². The number of ether oxygens (including phenoxy) is 2. The van der Waals surface area contributed by atoms with E-state index in [1.54, 1.807) is 65.5 Å². The van der Waals surface area contributed by atoms with E-state index < -0.39 is 91.3 Å². The van der Waals surface area contributed by atoms with Gasteiger partial charge in [0.05, 0.1) is 47.6 Å². The van der Waals surface area contributed by atoms with Crippen LogP contribution in [0.5, 0.6) is 0 Å². The molecule has 1 aliphatic heterocycles. The van der Waals surface area contributed by atoms with Crippen LogP contribution >= 0.6 is 68.0 Å². The third-order valence-electron chi connectivity index (χ3n) is 13.0. The highest BCUT2D eigenvalue weighted by Crippen LogP contribution is 2.41. The second-order valence-corrected chi connectivity index (χ2v) is 25.1. The van der Waals surface area contributed by atoms with Gasteiger partial charge in [-0.05, 0) is 30.5 Å². The van der Waals surface area contributed by atoms with Crippen molar-refractivity contribution in [2.24, 2.45) is 11.8 Å². The van der Waals surface area contributed by atoms with Crippen molar-refractivity contribution in [3.63, 3.8) is 0 Å². The van der Waals surface area contributed by atoms with Gasteiger partial charge in [0.2, 0.25) is 11.8 Å². The fourth-order valence-electron chi connectivity index (χ4n) is 8.64. The number of thiazole rings is 6. The maximum atomic E-state index is 14.3. The molecule has 8 heterocycles. The van der Waals surface area contributed by atoms with E-state index in [1.807, 2.05) is 13.8 Å². The summed E-state index contributed by atoms with van der Waals surface area (Å²) in [4.78, 5) is 139. The number of nitrogens with one attached hydrogen (secondary N) is 5. The van der Waals surface area contributed by atoms with Crippen molar-refractivity contribution in [1.82, 2.24) is 56.2 Å². The topological polar surface area (TPSA) is 366 Å². The number of carbonyl (C=O) groups is 8. The molecule has 5 atom stereocenters. The van der Waals surface area contributed by atoms with Crippen LogP contribution in [0.1, 0.15) is 119 Å².